The van der Waals surface area contributed by atoms with Gasteiger partial charge in [0, 0.05) is 22.9 Å². The maximum Gasteiger partial charge on any atom is 0.0985 e. The first kappa shape index (κ1) is 20.0. The summed E-state index contributed by atoms with van der Waals surface area (Å²) in [4.78, 5) is 7.51. The molecular weight excluding hydrogens is 392 g/mol. The highest BCUT2D eigenvalue weighted by Crippen LogP contribution is 2.45. The highest BCUT2D eigenvalue weighted by Gasteiger charge is 2.26. The Labute approximate surface area is 182 Å². The lowest BCUT2D eigenvalue weighted by Gasteiger charge is -2.22. The molecule has 2 nitrogen and oxygen atoms in total. The van der Waals surface area contributed by atoms with E-state index in [1.54, 1.807) is 0 Å². The predicted octanol–water partition coefficient (Wildman–Crippen LogP) is 7.09. The molecular formula is C25H26N2S2. The van der Waals surface area contributed by atoms with Crippen molar-refractivity contribution in [2.75, 3.05) is 22.9 Å². The van der Waals surface area contributed by atoms with E-state index in [-0.39, 0.29) is 0 Å². The molecule has 0 aliphatic carbocycles. The van der Waals surface area contributed by atoms with Crippen LogP contribution in [-0.4, -0.2) is 18.5 Å². The molecule has 1 unspecified atom stereocenters. The monoisotopic (exact) mass is 418 g/mol. The molecule has 2 aliphatic heterocycles. The van der Waals surface area contributed by atoms with E-state index in [2.05, 4.69) is 115 Å². The second-order valence-corrected chi connectivity index (χ2v) is 8.96. The molecule has 1 atom stereocenters. The molecule has 0 N–H and O–H groups in total. The van der Waals surface area contributed by atoms with Crippen molar-refractivity contribution in [2.24, 2.45) is 0 Å². The summed E-state index contributed by atoms with van der Waals surface area (Å²) in [5.74, 6) is 0. The molecule has 2 aromatic carbocycles. The Bertz CT molecular complexity index is 974. The number of rotatable bonds is 6. The van der Waals surface area contributed by atoms with Crippen LogP contribution in [0.25, 0.3) is 0 Å². The largest absolute Gasteiger partial charge is 0.355 e. The fraction of sp³-hybridized carbons (Fsp3) is 0.200. The third-order valence-corrected chi connectivity index (χ3v) is 7.37. The smallest absolute Gasteiger partial charge is 0.0985 e. The summed E-state index contributed by atoms with van der Waals surface area (Å²) < 4.78 is 0. The van der Waals surface area contributed by atoms with Gasteiger partial charge in [0.2, 0.25) is 0 Å². The number of para-hydroxylation sites is 2. The van der Waals surface area contributed by atoms with Crippen molar-refractivity contribution >= 4 is 34.9 Å². The Morgan fingerprint density at radius 1 is 0.793 bits per heavy atom. The zero-order valence-corrected chi connectivity index (χ0v) is 18.5. The molecule has 0 bridgehead atoms. The zero-order valence-electron chi connectivity index (χ0n) is 16.9. The Kier molecular flexibility index (Phi) is 6.53. The van der Waals surface area contributed by atoms with Gasteiger partial charge in [-0.15, -0.1) is 0 Å². The van der Waals surface area contributed by atoms with Gasteiger partial charge in [-0.2, -0.15) is 0 Å². The van der Waals surface area contributed by atoms with Gasteiger partial charge >= 0.3 is 0 Å². The van der Waals surface area contributed by atoms with Crippen molar-refractivity contribution < 1.29 is 0 Å². The molecule has 0 aromatic heterocycles. The second kappa shape index (κ2) is 9.47. The van der Waals surface area contributed by atoms with Crippen molar-refractivity contribution in [3.05, 3.63) is 96.1 Å². The number of hydrogen-bond donors (Lipinski definition) is 0. The molecule has 0 fully saturated rings. The van der Waals surface area contributed by atoms with Gasteiger partial charge in [-0.3, -0.25) is 0 Å². The topological polar surface area (TPSA) is 6.48 Å². The lowest BCUT2D eigenvalue weighted by Crippen LogP contribution is -2.27. The third kappa shape index (κ3) is 4.34. The molecule has 4 heteroatoms. The number of allylic oxidation sites excluding steroid dienone is 6. The van der Waals surface area contributed by atoms with Gasteiger partial charge in [0.25, 0.3) is 0 Å². The number of benzene rings is 2. The molecule has 0 spiro atoms. The minimum Gasteiger partial charge on any atom is -0.355 e. The van der Waals surface area contributed by atoms with Crippen molar-refractivity contribution in [1.82, 2.24) is 0 Å². The van der Waals surface area contributed by atoms with E-state index >= 15 is 0 Å². The van der Waals surface area contributed by atoms with Crippen molar-refractivity contribution in [3.8, 4) is 0 Å². The van der Waals surface area contributed by atoms with Crippen LogP contribution in [0.5, 0.6) is 0 Å². The van der Waals surface area contributed by atoms with Crippen LogP contribution in [0, 0.1) is 0 Å². The van der Waals surface area contributed by atoms with Gasteiger partial charge in [0.1, 0.15) is 0 Å². The Balaban J connectivity index is 1.34. The van der Waals surface area contributed by atoms with Crippen molar-refractivity contribution in [2.45, 2.75) is 29.0 Å². The molecule has 2 aromatic rings. The van der Waals surface area contributed by atoms with Crippen LogP contribution in [0.15, 0.2) is 106 Å². The number of fused-ring (bicyclic) bond motifs is 2. The third-order valence-electron chi connectivity index (χ3n) is 4.98. The lowest BCUT2D eigenvalue weighted by molar-refractivity contribution is 0.878. The Hall–Kier alpha value is -2.30. The standard InChI is InChI=1S/C25H26N2S2/c1-3-26-20-14-10-12-16-22(20)28-24(26)18-8-6-5-7-9-19-25-27(4-2)21-15-11-13-17-23(21)29-25/h5-19,24H,3-4H2,1-2H3/b6-5+,9-7+,18-8+,25-19+. The summed E-state index contributed by atoms with van der Waals surface area (Å²) in [5.41, 5.74) is 2.66. The van der Waals surface area contributed by atoms with Crippen LogP contribution < -0.4 is 9.80 Å². The molecule has 0 amide bonds. The summed E-state index contributed by atoms with van der Waals surface area (Å²) in [6, 6.07) is 17.3. The minimum atomic E-state index is 0.375. The zero-order chi connectivity index (χ0) is 20.1. The number of anilines is 2. The Morgan fingerprint density at radius 3 is 2.28 bits per heavy atom. The molecule has 148 valence electrons. The average molecular weight is 419 g/mol. The van der Waals surface area contributed by atoms with Crippen molar-refractivity contribution in [3.63, 3.8) is 0 Å². The Morgan fingerprint density at radius 2 is 1.48 bits per heavy atom. The van der Waals surface area contributed by atoms with E-state index in [9.17, 15) is 0 Å². The van der Waals surface area contributed by atoms with Crippen LogP contribution in [0.1, 0.15) is 13.8 Å². The van der Waals surface area contributed by atoms with Gasteiger partial charge < -0.3 is 9.80 Å². The van der Waals surface area contributed by atoms with Gasteiger partial charge in [-0.25, -0.2) is 0 Å². The summed E-state index contributed by atoms with van der Waals surface area (Å²) in [5, 5.41) is 1.66. The average Bonchev–Trinajstić information content (AvgIpc) is 3.29. The van der Waals surface area contributed by atoms with Gasteiger partial charge in [-0.05, 0) is 44.2 Å². The number of thioether (sulfide) groups is 2. The van der Waals surface area contributed by atoms with E-state index in [4.69, 9.17) is 0 Å². The summed E-state index contributed by atoms with van der Waals surface area (Å²) in [6.07, 6.45) is 15.1. The quantitative estimate of drug-likeness (QED) is 0.462. The van der Waals surface area contributed by atoms with Gasteiger partial charge in [0.05, 0.1) is 21.8 Å². The lowest BCUT2D eigenvalue weighted by atomic mass is 10.3. The van der Waals surface area contributed by atoms with E-state index in [0.717, 1.165) is 13.1 Å². The maximum atomic E-state index is 2.44. The number of hydrogen-bond acceptors (Lipinski definition) is 4. The fourth-order valence-corrected chi connectivity index (χ4v) is 6.03. The first-order valence-corrected chi connectivity index (χ1v) is 11.8. The van der Waals surface area contributed by atoms with Crippen LogP contribution in [0.2, 0.25) is 0 Å². The van der Waals surface area contributed by atoms with E-state index < -0.39 is 0 Å². The van der Waals surface area contributed by atoms with Crippen LogP contribution in [0.3, 0.4) is 0 Å². The summed E-state index contributed by atoms with van der Waals surface area (Å²) in [6.45, 7) is 6.42. The first-order chi connectivity index (χ1) is 14.3. The van der Waals surface area contributed by atoms with Crippen LogP contribution in [0.4, 0.5) is 11.4 Å². The maximum absolute atomic E-state index is 2.44. The van der Waals surface area contributed by atoms with E-state index in [1.165, 1.54) is 26.2 Å². The van der Waals surface area contributed by atoms with E-state index in [0.29, 0.717) is 5.37 Å². The minimum absolute atomic E-state index is 0.375. The van der Waals surface area contributed by atoms with Crippen LogP contribution >= 0.6 is 23.5 Å². The predicted molar refractivity (Wildman–Crippen MR) is 130 cm³/mol. The van der Waals surface area contributed by atoms with Gasteiger partial charge in [0.15, 0.2) is 0 Å². The number of nitrogens with zero attached hydrogens (tertiary/aromatic N) is 2. The van der Waals surface area contributed by atoms with Gasteiger partial charge in [-0.1, -0.05) is 84.2 Å². The van der Waals surface area contributed by atoms with Crippen molar-refractivity contribution in [1.29, 1.82) is 0 Å². The van der Waals surface area contributed by atoms with E-state index in [1.807, 2.05) is 23.5 Å². The molecule has 2 heterocycles. The SMILES string of the molecule is CCN1\C(=C/C=C/C=C/C=C/C2Sc3ccccc3N2CC)Sc2ccccc21. The molecule has 0 saturated heterocycles. The summed E-state index contributed by atoms with van der Waals surface area (Å²) in [7, 11) is 0. The molecule has 2 aliphatic rings. The first-order valence-electron chi connectivity index (χ1n) is 10.1. The molecule has 0 radical (unpaired) electrons. The molecule has 29 heavy (non-hydrogen) atoms. The fourth-order valence-electron chi connectivity index (χ4n) is 3.61. The molecule has 4 rings (SSSR count). The highest BCUT2D eigenvalue weighted by molar-refractivity contribution is 8.03. The normalized spacial score (nSPS) is 19.9. The highest BCUT2D eigenvalue weighted by atomic mass is 32.2. The van der Waals surface area contributed by atoms with Crippen LogP contribution in [-0.2, 0) is 0 Å². The summed E-state index contributed by atoms with van der Waals surface area (Å²) >= 11 is 3.76. The number of likely N-dealkylation sites (N-methyl/N-ethyl adjacent to an activating group) is 1. The second-order valence-electron chi connectivity index (χ2n) is 6.74. The molecule has 0 saturated carbocycles.